The number of nitrogens with zero attached hydrogens (tertiary/aromatic N) is 2. The average Bonchev–Trinajstić information content (AvgIpc) is 3.18. The van der Waals surface area contributed by atoms with E-state index in [0.717, 1.165) is 56.0 Å². The second-order valence-corrected chi connectivity index (χ2v) is 11.6. The van der Waals surface area contributed by atoms with Gasteiger partial charge in [0, 0.05) is 29.8 Å². The molecular weight excluding hydrogens is 444 g/mol. The maximum Gasteiger partial charge on any atom is 0.258 e. The summed E-state index contributed by atoms with van der Waals surface area (Å²) in [5.74, 6) is 0.945. The van der Waals surface area contributed by atoms with Crippen molar-refractivity contribution in [2.45, 2.75) is 57.9 Å². The highest BCUT2D eigenvalue weighted by Crippen LogP contribution is 2.49. The summed E-state index contributed by atoms with van der Waals surface area (Å²) in [6, 6.07) is 23.2. The highest BCUT2D eigenvalue weighted by Gasteiger charge is 2.46. The molecule has 2 aliphatic rings. The fourth-order valence-corrected chi connectivity index (χ4v) is 5.86. The highest BCUT2D eigenvalue weighted by atomic mass is 16.5. The average molecular weight is 483 g/mol. The predicted octanol–water partition coefficient (Wildman–Crippen LogP) is 6.50. The molecule has 0 N–H and O–H groups in total. The molecule has 0 unspecified atom stereocenters. The van der Waals surface area contributed by atoms with Crippen LogP contribution < -0.4 is 9.64 Å². The summed E-state index contributed by atoms with van der Waals surface area (Å²) >= 11 is 0. The molecule has 4 heteroatoms. The maximum atomic E-state index is 13.8. The van der Waals surface area contributed by atoms with Crippen molar-refractivity contribution in [1.82, 2.24) is 4.90 Å². The van der Waals surface area contributed by atoms with Gasteiger partial charge in [0.2, 0.25) is 0 Å². The van der Waals surface area contributed by atoms with E-state index in [1.165, 1.54) is 22.3 Å². The van der Waals surface area contributed by atoms with Gasteiger partial charge in [0.15, 0.2) is 0 Å². The lowest BCUT2D eigenvalue weighted by Crippen LogP contribution is -2.45. The molecule has 1 spiro atoms. The number of methoxy groups -OCH3 is 1. The SMILES string of the molecule is COc1ccc2c(c1)C1(CCN(Cc3cccc(C)c3)CC1)CN2C(=O)c1ccc(C(C)(C)C)cc1. The van der Waals surface area contributed by atoms with Crippen LogP contribution in [0.5, 0.6) is 5.75 Å². The number of likely N-dealkylation sites (tertiary alicyclic amines) is 1. The van der Waals surface area contributed by atoms with E-state index in [1.54, 1.807) is 7.11 Å². The van der Waals surface area contributed by atoms with Gasteiger partial charge >= 0.3 is 0 Å². The quantitative estimate of drug-likeness (QED) is 0.426. The Morgan fingerprint density at radius 3 is 2.33 bits per heavy atom. The first-order valence-electron chi connectivity index (χ1n) is 13.1. The number of fused-ring (bicyclic) bond motifs is 2. The fraction of sp³-hybridized carbons (Fsp3) is 0.406. The smallest absolute Gasteiger partial charge is 0.258 e. The molecule has 2 aliphatic heterocycles. The van der Waals surface area contributed by atoms with Gasteiger partial charge in [0.1, 0.15) is 5.75 Å². The van der Waals surface area contributed by atoms with Gasteiger partial charge < -0.3 is 9.64 Å². The lowest BCUT2D eigenvalue weighted by atomic mass is 9.74. The molecular formula is C32H38N2O2. The molecule has 2 heterocycles. The van der Waals surface area contributed by atoms with Crippen molar-refractivity contribution in [3.63, 3.8) is 0 Å². The number of amides is 1. The number of anilines is 1. The van der Waals surface area contributed by atoms with Crippen LogP contribution in [-0.4, -0.2) is 37.6 Å². The van der Waals surface area contributed by atoms with Crippen LogP contribution in [0.25, 0.3) is 0 Å². The van der Waals surface area contributed by atoms with E-state index in [-0.39, 0.29) is 16.7 Å². The van der Waals surface area contributed by atoms with Gasteiger partial charge in [-0.3, -0.25) is 9.69 Å². The van der Waals surface area contributed by atoms with E-state index in [0.29, 0.717) is 0 Å². The summed E-state index contributed by atoms with van der Waals surface area (Å²) in [5.41, 5.74) is 6.99. The molecule has 1 amide bonds. The first kappa shape index (κ1) is 24.6. The molecule has 0 bridgehead atoms. The van der Waals surface area contributed by atoms with Crippen LogP contribution in [-0.2, 0) is 17.4 Å². The molecule has 0 aromatic heterocycles. The summed E-state index contributed by atoms with van der Waals surface area (Å²) in [4.78, 5) is 18.3. The summed E-state index contributed by atoms with van der Waals surface area (Å²) in [6.45, 7) is 12.5. The summed E-state index contributed by atoms with van der Waals surface area (Å²) in [5, 5.41) is 0. The van der Waals surface area contributed by atoms with E-state index in [2.05, 4.69) is 81.1 Å². The maximum absolute atomic E-state index is 13.8. The van der Waals surface area contributed by atoms with Crippen molar-refractivity contribution >= 4 is 11.6 Å². The number of hydrogen-bond acceptors (Lipinski definition) is 3. The number of carbonyl (C=O) groups is 1. The molecule has 5 rings (SSSR count). The van der Waals surface area contributed by atoms with Crippen LogP contribution in [0, 0.1) is 6.92 Å². The van der Waals surface area contributed by atoms with Gasteiger partial charge in [0.05, 0.1) is 7.11 Å². The first-order chi connectivity index (χ1) is 17.2. The Morgan fingerprint density at radius 1 is 0.972 bits per heavy atom. The Morgan fingerprint density at radius 2 is 1.69 bits per heavy atom. The zero-order valence-corrected chi connectivity index (χ0v) is 22.3. The second kappa shape index (κ2) is 9.40. The van der Waals surface area contributed by atoms with Crippen LogP contribution in [0.2, 0.25) is 0 Å². The second-order valence-electron chi connectivity index (χ2n) is 11.6. The summed E-state index contributed by atoms with van der Waals surface area (Å²) in [6.07, 6.45) is 2.07. The van der Waals surface area contributed by atoms with Crippen LogP contribution in [0.4, 0.5) is 5.69 Å². The third-order valence-electron chi connectivity index (χ3n) is 8.07. The third-order valence-corrected chi connectivity index (χ3v) is 8.07. The Bertz CT molecular complexity index is 1250. The molecule has 1 fully saturated rings. The zero-order valence-electron chi connectivity index (χ0n) is 22.3. The van der Waals surface area contributed by atoms with Crippen LogP contribution in [0.1, 0.15) is 66.2 Å². The molecule has 188 valence electrons. The van der Waals surface area contributed by atoms with Crippen molar-refractivity contribution in [2.24, 2.45) is 0 Å². The minimum Gasteiger partial charge on any atom is -0.497 e. The van der Waals surface area contributed by atoms with Crippen LogP contribution in [0.15, 0.2) is 66.7 Å². The minimum absolute atomic E-state index is 0.0337. The monoisotopic (exact) mass is 482 g/mol. The molecule has 0 radical (unpaired) electrons. The van der Waals surface area contributed by atoms with Crippen LogP contribution in [0.3, 0.4) is 0 Å². The fourth-order valence-electron chi connectivity index (χ4n) is 5.86. The van der Waals surface area contributed by atoms with Crippen molar-refractivity contribution in [3.8, 4) is 5.75 Å². The topological polar surface area (TPSA) is 32.8 Å². The Labute approximate surface area is 215 Å². The molecule has 0 aliphatic carbocycles. The largest absolute Gasteiger partial charge is 0.497 e. The molecule has 1 saturated heterocycles. The van der Waals surface area contributed by atoms with Crippen molar-refractivity contribution in [3.05, 3.63) is 94.5 Å². The molecule has 3 aromatic carbocycles. The van der Waals surface area contributed by atoms with Gasteiger partial charge in [-0.15, -0.1) is 0 Å². The first-order valence-corrected chi connectivity index (χ1v) is 13.1. The minimum atomic E-state index is -0.0337. The van der Waals surface area contributed by atoms with Crippen molar-refractivity contribution < 1.29 is 9.53 Å². The highest BCUT2D eigenvalue weighted by molar-refractivity contribution is 6.07. The van der Waals surface area contributed by atoms with E-state index < -0.39 is 0 Å². The number of benzene rings is 3. The van der Waals surface area contributed by atoms with Gasteiger partial charge in [0.25, 0.3) is 5.91 Å². The van der Waals surface area contributed by atoms with Gasteiger partial charge in [-0.05, 0) is 85.3 Å². The van der Waals surface area contributed by atoms with Gasteiger partial charge in [-0.25, -0.2) is 0 Å². The normalized spacial score (nSPS) is 17.3. The number of aryl methyl sites for hydroxylation is 1. The van der Waals surface area contributed by atoms with Crippen molar-refractivity contribution in [1.29, 1.82) is 0 Å². The van der Waals surface area contributed by atoms with Gasteiger partial charge in [-0.2, -0.15) is 0 Å². The molecule has 3 aromatic rings. The third kappa shape index (κ3) is 4.67. The molecule has 0 atom stereocenters. The zero-order chi connectivity index (χ0) is 25.5. The van der Waals surface area contributed by atoms with E-state index in [4.69, 9.17) is 4.74 Å². The summed E-state index contributed by atoms with van der Waals surface area (Å²) < 4.78 is 5.60. The van der Waals surface area contributed by atoms with E-state index >= 15 is 0 Å². The van der Waals surface area contributed by atoms with E-state index in [9.17, 15) is 4.79 Å². The van der Waals surface area contributed by atoms with Gasteiger partial charge in [-0.1, -0.05) is 62.7 Å². The molecule has 0 saturated carbocycles. The van der Waals surface area contributed by atoms with Crippen LogP contribution >= 0.6 is 0 Å². The number of piperidine rings is 1. The Hall–Kier alpha value is -3.11. The summed E-state index contributed by atoms with van der Waals surface area (Å²) in [7, 11) is 1.72. The molecule has 36 heavy (non-hydrogen) atoms. The standard InChI is InChI=1S/C32H38N2O2/c1-23-7-6-8-24(19-23)21-33-17-15-32(16-18-33)22-34(29-14-13-27(36-5)20-28(29)32)30(35)25-9-11-26(12-10-25)31(2,3)4/h6-14,19-20H,15-18,21-22H2,1-5H3. The predicted molar refractivity (Wildman–Crippen MR) is 147 cm³/mol. The Kier molecular flexibility index (Phi) is 6.42. The number of hydrogen-bond donors (Lipinski definition) is 0. The number of ether oxygens (including phenoxy) is 1. The number of rotatable bonds is 4. The van der Waals surface area contributed by atoms with E-state index in [1.807, 2.05) is 23.1 Å². The van der Waals surface area contributed by atoms with Crippen molar-refractivity contribution in [2.75, 3.05) is 31.6 Å². The lowest BCUT2D eigenvalue weighted by Gasteiger charge is -2.40. The lowest BCUT2D eigenvalue weighted by molar-refractivity contribution is 0.0975. The Balaban J connectivity index is 1.39. The molecule has 4 nitrogen and oxygen atoms in total. The number of carbonyl (C=O) groups excluding carboxylic acids is 1.